The van der Waals surface area contributed by atoms with Crippen LogP contribution in [0.15, 0.2) is 22.8 Å². The molecule has 1 aromatic heterocycles. The van der Waals surface area contributed by atoms with Crippen LogP contribution in [0.3, 0.4) is 0 Å². The van der Waals surface area contributed by atoms with E-state index in [1.165, 1.54) is 0 Å². The van der Waals surface area contributed by atoms with Gasteiger partial charge in [0, 0.05) is 0 Å². The van der Waals surface area contributed by atoms with E-state index in [1.807, 2.05) is 13.0 Å². The molecule has 0 aliphatic carbocycles. The molecule has 0 fully saturated rings. The molecule has 16 heavy (non-hydrogen) atoms. The van der Waals surface area contributed by atoms with Crippen molar-refractivity contribution in [2.75, 3.05) is 6.61 Å². The molecule has 0 bridgehead atoms. The van der Waals surface area contributed by atoms with Gasteiger partial charge < -0.3 is 13.9 Å². The highest BCUT2D eigenvalue weighted by Gasteiger charge is 2.19. The summed E-state index contributed by atoms with van der Waals surface area (Å²) in [4.78, 5) is 11.5. The zero-order valence-corrected chi connectivity index (χ0v) is 9.77. The highest BCUT2D eigenvalue weighted by molar-refractivity contribution is 5.74. The first-order valence-corrected chi connectivity index (χ1v) is 5.58. The van der Waals surface area contributed by atoms with Crippen LogP contribution in [0.25, 0.3) is 0 Å². The summed E-state index contributed by atoms with van der Waals surface area (Å²) >= 11 is 0. The minimum Gasteiger partial charge on any atom is -0.467 e. The quantitative estimate of drug-likeness (QED) is 0.670. The third kappa shape index (κ3) is 4.06. The Kier molecular flexibility index (Phi) is 5.64. The smallest absolute Gasteiger partial charge is 0.335 e. The average Bonchev–Trinajstić information content (AvgIpc) is 2.77. The highest BCUT2D eigenvalue weighted by atomic mass is 16.6. The van der Waals surface area contributed by atoms with Gasteiger partial charge in [-0.15, -0.1) is 0 Å². The molecule has 1 heterocycles. The molecule has 0 aromatic carbocycles. The van der Waals surface area contributed by atoms with E-state index >= 15 is 0 Å². The predicted molar refractivity (Wildman–Crippen MR) is 58.8 cm³/mol. The second kappa shape index (κ2) is 7.06. The van der Waals surface area contributed by atoms with E-state index in [1.54, 1.807) is 19.3 Å². The Morgan fingerprint density at radius 3 is 2.88 bits per heavy atom. The van der Waals surface area contributed by atoms with E-state index in [0.29, 0.717) is 25.4 Å². The molecule has 1 atom stereocenters. The van der Waals surface area contributed by atoms with Crippen molar-refractivity contribution in [3.63, 3.8) is 0 Å². The van der Waals surface area contributed by atoms with Gasteiger partial charge in [0.25, 0.3) is 0 Å². The van der Waals surface area contributed by atoms with Gasteiger partial charge >= 0.3 is 5.97 Å². The zero-order chi connectivity index (χ0) is 11.8. The number of ether oxygens (including phenoxy) is 2. The van der Waals surface area contributed by atoms with Gasteiger partial charge in [0.1, 0.15) is 12.4 Å². The fourth-order valence-corrected chi connectivity index (χ4v) is 1.34. The second-order valence-corrected chi connectivity index (χ2v) is 3.42. The van der Waals surface area contributed by atoms with Crippen molar-refractivity contribution in [1.29, 1.82) is 0 Å². The third-order valence-corrected chi connectivity index (χ3v) is 2.11. The van der Waals surface area contributed by atoms with Crippen LogP contribution < -0.4 is 0 Å². The van der Waals surface area contributed by atoms with E-state index in [9.17, 15) is 4.79 Å². The molecule has 0 spiro atoms. The van der Waals surface area contributed by atoms with Gasteiger partial charge in [0.15, 0.2) is 6.10 Å². The van der Waals surface area contributed by atoms with Gasteiger partial charge in [-0.3, -0.25) is 0 Å². The number of furan rings is 1. The molecule has 0 saturated carbocycles. The lowest BCUT2D eigenvalue weighted by Gasteiger charge is -2.14. The van der Waals surface area contributed by atoms with Crippen LogP contribution in [0.5, 0.6) is 0 Å². The van der Waals surface area contributed by atoms with Crippen molar-refractivity contribution in [3.8, 4) is 0 Å². The first-order valence-electron chi connectivity index (χ1n) is 5.58. The first kappa shape index (κ1) is 12.8. The fraction of sp³-hybridized carbons (Fsp3) is 0.583. The van der Waals surface area contributed by atoms with Crippen molar-refractivity contribution in [2.45, 2.75) is 39.4 Å². The Hall–Kier alpha value is -1.29. The average molecular weight is 226 g/mol. The monoisotopic (exact) mass is 226 g/mol. The number of hydrogen-bond acceptors (Lipinski definition) is 4. The Morgan fingerprint density at radius 1 is 1.50 bits per heavy atom. The number of carbonyl (C=O) groups is 1. The lowest BCUT2D eigenvalue weighted by molar-refractivity contribution is -0.158. The van der Waals surface area contributed by atoms with Gasteiger partial charge in [-0.25, -0.2) is 4.79 Å². The molecule has 0 N–H and O–H groups in total. The van der Waals surface area contributed by atoms with Crippen LogP contribution in [0.1, 0.15) is 32.4 Å². The summed E-state index contributed by atoms with van der Waals surface area (Å²) < 4.78 is 15.5. The van der Waals surface area contributed by atoms with Crippen molar-refractivity contribution >= 4 is 5.97 Å². The Morgan fingerprint density at radius 2 is 2.31 bits per heavy atom. The van der Waals surface area contributed by atoms with Gasteiger partial charge in [0.2, 0.25) is 0 Å². The summed E-state index contributed by atoms with van der Waals surface area (Å²) in [6.07, 6.45) is 2.63. The van der Waals surface area contributed by atoms with Crippen LogP contribution in [-0.2, 0) is 20.9 Å². The summed E-state index contributed by atoms with van der Waals surface area (Å²) in [5.41, 5.74) is 0. The van der Waals surface area contributed by atoms with E-state index < -0.39 is 6.10 Å². The molecule has 4 nitrogen and oxygen atoms in total. The minimum absolute atomic E-state index is 0.295. The molecular weight excluding hydrogens is 208 g/mol. The molecule has 4 heteroatoms. The standard InChI is InChI=1S/C12H18O4/c1-3-6-11(12(13)14-4-2)16-9-10-7-5-8-15-10/h5,7-8,11H,3-4,6,9H2,1-2H3. The van der Waals surface area contributed by atoms with Crippen LogP contribution >= 0.6 is 0 Å². The fourth-order valence-electron chi connectivity index (χ4n) is 1.34. The highest BCUT2D eigenvalue weighted by Crippen LogP contribution is 2.09. The summed E-state index contributed by atoms with van der Waals surface area (Å²) in [7, 11) is 0. The van der Waals surface area contributed by atoms with Crippen molar-refractivity contribution in [1.82, 2.24) is 0 Å². The van der Waals surface area contributed by atoms with Crippen molar-refractivity contribution < 1.29 is 18.7 Å². The second-order valence-electron chi connectivity index (χ2n) is 3.42. The SMILES string of the molecule is CCCC(OCc1ccco1)C(=O)OCC. The van der Waals surface area contributed by atoms with Crippen molar-refractivity contribution in [2.24, 2.45) is 0 Å². The van der Waals surface area contributed by atoms with E-state index in [4.69, 9.17) is 13.9 Å². The summed E-state index contributed by atoms with van der Waals surface area (Å²) in [6.45, 7) is 4.47. The Bertz CT molecular complexity index is 292. The summed E-state index contributed by atoms with van der Waals surface area (Å²) in [6, 6.07) is 3.60. The molecule has 0 aliphatic rings. The molecule has 0 amide bonds. The van der Waals surface area contributed by atoms with Crippen LogP contribution in [-0.4, -0.2) is 18.7 Å². The molecule has 0 radical (unpaired) electrons. The maximum absolute atomic E-state index is 11.5. The number of rotatable bonds is 7. The predicted octanol–water partition coefficient (Wildman–Crippen LogP) is 2.53. The van der Waals surface area contributed by atoms with Crippen LogP contribution in [0.4, 0.5) is 0 Å². The lowest BCUT2D eigenvalue weighted by atomic mass is 10.2. The maximum Gasteiger partial charge on any atom is 0.335 e. The van der Waals surface area contributed by atoms with E-state index in [2.05, 4.69) is 0 Å². The van der Waals surface area contributed by atoms with Gasteiger partial charge in [-0.05, 0) is 25.5 Å². The summed E-state index contributed by atoms with van der Waals surface area (Å²) in [5.74, 6) is 0.418. The first-order chi connectivity index (χ1) is 7.77. The molecular formula is C12H18O4. The van der Waals surface area contributed by atoms with Crippen LogP contribution in [0.2, 0.25) is 0 Å². The Balaban J connectivity index is 2.41. The molecule has 0 saturated heterocycles. The molecule has 1 rings (SSSR count). The maximum atomic E-state index is 11.5. The van der Waals surface area contributed by atoms with Gasteiger partial charge in [-0.2, -0.15) is 0 Å². The number of hydrogen-bond donors (Lipinski definition) is 0. The number of carbonyl (C=O) groups excluding carboxylic acids is 1. The van der Waals surface area contributed by atoms with E-state index in [0.717, 1.165) is 6.42 Å². The zero-order valence-electron chi connectivity index (χ0n) is 9.77. The molecule has 90 valence electrons. The minimum atomic E-state index is -0.491. The third-order valence-electron chi connectivity index (χ3n) is 2.11. The van der Waals surface area contributed by atoms with Crippen LogP contribution in [0, 0.1) is 0 Å². The lowest BCUT2D eigenvalue weighted by Crippen LogP contribution is -2.26. The molecule has 1 unspecified atom stereocenters. The van der Waals surface area contributed by atoms with Gasteiger partial charge in [-0.1, -0.05) is 13.3 Å². The molecule has 0 aliphatic heterocycles. The summed E-state index contributed by atoms with van der Waals surface area (Å²) in [5, 5.41) is 0. The topological polar surface area (TPSA) is 48.7 Å². The number of esters is 1. The Labute approximate surface area is 95.5 Å². The van der Waals surface area contributed by atoms with Crippen molar-refractivity contribution in [3.05, 3.63) is 24.2 Å². The van der Waals surface area contributed by atoms with Gasteiger partial charge in [0.05, 0.1) is 12.9 Å². The largest absolute Gasteiger partial charge is 0.467 e. The molecule has 1 aromatic rings. The van der Waals surface area contributed by atoms with E-state index in [-0.39, 0.29) is 5.97 Å². The normalized spacial score (nSPS) is 12.4.